The molecule has 0 aromatic carbocycles. The molecule has 16 heavy (non-hydrogen) atoms. The van der Waals surface area contributed by atoms with Crippen molar-refractivity contribution in [1.82, 2.24) is 4.98 Å². The number of carboxylic acids is 1. The standard InChI is InChI=1S/C11H16N2O2S/c1-11(2)3-5-13(6-4-11)10-12-7-8(16-10)9(14)15/h7H,3-6H2,1-2H3,(H,14,15). The van der Waals surface area contributed by atoms with Crippen LogP contribution in [0.2, 0.25) is 0 Å². The fraction of sp³-hybridized carbons (Fsp3) is 0.636. The largest absolute Gasteiger partial charge is 0.477 e. The number of nitrogens with zero attached hydrogens (tertiary/aromatic N) is 2. The van der Waals surface area contributed by atoms with Crippen LogP contribution in [0.15, 0.2) is 6.20 Å². The zero-order valence-corrected chi connectivity index (χ0v) is 10.4. The Morgan fingerprint density at radius 2 is 2.12 bits per heavy atom. The second-order valence-electron chi connectivity index (χ2n) is 4.96. The topological polar surface area (TPSA) is 53.4 Å². The van der Waals surface area contributed by atoms with Gasteiger partial charge in [0.25, 0.3) is 0 Å². The molecule has 0 spiro atoms. The van der Waals surface area contributed by atoms with Gasteiger partial charge in [-0.15, -0.1) is 0 Å². The van der Waals surface area contributed by atoms with Crippen molar-refractivity contribution in [1.29, 1.82) is 0 Å². The summed E-state index contributed by atoms with van der Waals surface area (Å²) in [5.74, 6) is -0.888. The van der Waals surface area contributed by atoms with Gasteiger partial charge in [0.1, 0.15) is 4.88 Å². The number of thiazole rings is 1. The summed E-state index contributed by atoms with van der Waals surface area (Å²) in [6, 6.07) is 0. The van der Waals surface area contributed by atoms with Crippen LogP contribution in [0.5, 0.6) is 0 Å². The van der Waals surface area contributed by atoms with E-state index in [1.165, 1.54) is 17.5 Å². The molecule has 0 amide bonds. The van der Waals surface area contributed by atoms with Gasteiger partial charge in [-0.25, -0.2) is 9.78 Å². The molecule has 1 aliphatic rings. The smallest absolute Gasteiger partial charge is 0.347 e. The van der Waals surface area contributed by atoms with Crippen LogP contribution in [0.4, 0.5) is 5.13 Å². The third-order valence-corrected chi connectivity index (χ3v) is 4.14. The van der Waals surface area contributed by atoms with Crippen molar-refractivity contribution in [3.05, 3.63) is 11.1 Å². The van der Waals surface area contributed by atoms with E-state index in [-0.39, 0.29) is 0 Å². The minimum Gasteiger partial charge on any atom is -0.477 e. The number of hydrogen-bond acceptors (Lipinski definition) is 4. The third-order valence-electron chi connectivity index (χ3n) is 3.09. The molecule has 1 aliphatic heterocycles. The Morgan fingerprint density at radius 1 is 1.50 bits per heavy atom. The average molecular weight is 240 g/mol. The normalized spacial score (nSPS) is 19.8. The summed E-state index contributed by atoms with van der Waals surface area (Å²) < 4.78 is 0. The lowest BCUT2D eigenvalue weighted by molar-refractivity contribution is 0.0702. The number of rotatable bonds is 2. The zero-order valence-electron chi connectivity index (χ0n) is 9.56. The van der Waals surface area contributed by atoms with E-state index in [1.807, 2.05) is 0 Å². The summed E-state index contributed by atoms with van der Waals surface area (Å²) in [5, 5.41) is 9.67. The van der Waals surface area contributed by atoms with Crippen molar-refractivity contribution in [3.63, 3.8) is 0 Å². The zero-order chi connectivity index (χ0) is 11.8. The van der Waals surface area contributed by atoms with Crippen LogP contribution in [0.3, 0.4) is 0 Å². The highest BCUT2D eigenvalue weighted by atomic mass is 32.1. The van der Waals surface area contributed by atoms with Crippen LogP contribution < -0.4 is 4.90 Å². The Bertz CT molecular complexity index is 390. The molecule has 2 rings (SSSR count). The SMILES string of the molecule is CC1(C)CCN(c2ncc(C(=O)O)s2)CC1. The predicted octanol–water partition coefficient (Wildman–Crippen LogP) is 2.47. The Kier molecular flexibility index (Phi) is 2.88. The van der Waals surface area contributed by atoms with E-state index in [1.54, 1.807) is 0 Å². The number of hydrogen-bond donors (Lipinski definition) is 1. The minimum absolute atomic E-state index is 0.319. The van der Waals surface area contributed by atoms with Gasteiger partial charge in [-0.3, -0.25) is 0 Å². The molecule has 1 aromatic heterocycles. The van der Waals surface area contributed by atoms with E-state index < -0.39 is 5.97 Å². The highest BCUT2D eigenvalue weighted by Crippen LogP contribution is 2.33. The molecule has 0 atom stereocenters. The number of piperidine rings is 1. The summed E-state index contributed by atoms with van der Waals surface area (Å²) in [6.07, 6.45) is 3.71. The molecule has 0 unspecified atom stereocenters. The maximum absolute atomic E-state index is 10.8. The number of anilines is 1. The van der Waals surface area contributed by atoms with Crippen molar-refractivity contribution in [2.75, 3.05) is 18.0 Å². The first-order valence-electron chi connectivity index (χ1n) is 5.42. The second kappa shape index (κ2) is 4.05. The lowest BCUT2D eigenvalue weighted by Crippen LogP contribution is -2.37. The summed E-state index contributed by atoms with van der Waals surface area (Å²) in [5.41, 5.74) is 0.406. The molecule has 4 nitrogen and oxygen atoms in total. The number of carbonyl (C=O) groups is 1. The fourth-order valence-electron chi connectivity index (χ4n) is 1.81. The van der Waals surface area contributed by atoms with Crippen LogP contribution in [-0.2, 0) is 0 Å². The first-order valence-corrected chi connectivity index (χ1v) is 6.24. The quantitative estimate of drug-likeness (QED) is 0.862. The van der Waals surface area contributed by atoms with Gasteiger partial charge in [-0.05, 0) is 18.3 Å². The molecule has 2 heterocycles. The number of carboxylic acid groups (broad SMARTS) is 1. The van der Waals surface area contributed by atoms with Gasteiger partial charge in [0, 0.05) is 13.1 Å². The van der Waals surface area contributed by atoms with Crippen LogP contribution in [-0.4, -0.2) is 29.1 Å². The van der Waals surface area contributed by atoms with Crippen molar-refractivity contribution in [2.24, 2.45) is 5.41 Å². The molecule has 88 valence electrons. The Labute approximate surface area is 98.9 Å². The van der Waals surface area contributed by atoms with Gasteiger partial charge in [-0.1, -0.05) is 25.2 Å². The molecule has 1 saturated heterocycles. The molecular weight excluding hydrogens is 224 g/mol. The van der Waals surface area contributed by atoms with E-state index in [0.29, 0.717) is 10.3 Å². The fourth-order valence-corrected chi connectivity index (χ4v) is 2.62. The van der Waals surface area contributed by atoms with Crippen molar-refractivity contribution >= 4 is 22.4 Å². The van der Waals surface area contributed by atoms with Gasteiger partial charge in [0.2, 0.25) is 0 Å². The molecule has 5 heteroatoms. The maximum Gasteiger partial charge on any atom is 0.347 e. The Morgan fingerprint density at radius 3 is 2.62 bits per heavy atom. The van der Waals surface area contributed by atoms with E-state index in [4.69, 9.17) is 5.11 Å². The van der Waals surface area contributed by atoms with E-state index >= 15 is 0 Å². The predicted molar refractivity (Wildman–Crippen MR) is 64.3 cm³/mol. The number of aromatic nitrogens is 1. The molecule has 1 N–H and O–H groups in total. The molecule has 0 saturated carbocycles. The molecule has 1 fully saturated rings. The van der Waals surface area contributed by atoms with Gasteiger partial charge in [0.05, 0.1) is 6.20 Å². The monoisotopic (exact) mass is 240 g/mol. The van der Waals surface area contributed by atoms with E-state index in [0.717, 1.165) is 31.1 Å². The van der Waals surface area contributed by atoms with Crippen molar-refractivity contribution in [3.8, 4) is 0 Å². The Balaban J connectivity index is 2.05. The lowest BCUT2D eigenvalue weighted by atomic mass is 9.83. The average Bonchev–Trinajstić information content (AvgIpc) is 2.66. The summed E-state index contributed by atoms with van der Waals surface area (Å²) in [7, 11) is 0. The first-order chi connectivity index (χ1) is 7.48. The highest BCUT2D eigenvalue weighted by molar-refractivity contribution is 7.17. The van der Waals surface area contributed by atoms with E-state index in [2.05, 4.69) is 23.7 Å². The highest BCUT2D eigenvalue weighted by Gasteiger charge is 2.26. The molecular formula is C11H16N2O2S. The van der Waals surface area contributed by atoms with Gasteiger partial charge in [0.15, 0.2) is 5.13 Å². The van der Waals surface area contributed by atoms with Crippen molar-refractivity contribution < 1.29 is 9.90 Å². The van der Waals surface area contributed by atoms with Gasteiger partial charge in [-0.2, -0.15) is 0 Å². The summed E-state index contributed by atoms with van der Waals surface area (Å²) in [6.45, 7) is 6.49. The van der Waals surface area contributed by atoms with Crippen LogP contribution >= 0.6 is 11.3 Å². The Hall–Kier alpha value is -1.10. The lowest BCUT2D eigenvalue weighted by Gasteiger charge is -2.36. The third kappa shape index (κ3) is 2.35. The molecule has 1 aromatic rings. The van der Waals surface area contributed by atoms with Crippen molar-refractivity contribution in [2.45, 2.75) is 26.7 Å². The summed E-state index contributed by atoms with van der Waals surface area (Å²) >= 11 is 1.26. The molecule has 0 aliphatic carbocycles. The molecule has 0 bridgehead atoms. The van der Waals surface area contributed by atoms with Crippen LogP contribution in [0.1, 0.15) is 36.4 Å². The minimum atomic E-state index is -0.888. The molecule has 0 radical (unpaired) electrons. The number of aromatic carboxylic acids is 1. The van der Waals surface area contributed by atoms with Crippen LogP contribution in [0.25, 0.3) is 0 Å². The van der Waals surface area contributed by atoms with Gasteiger partial charge < -0.3 is 10.0 Å². The van der Waals surface area contributed by atoms with Crippen LogP contribution in [0, 0.1) is 5.41 Å². The summed E-state index contributed by atoms with van der Waals surface area (Å²) in [4.78, 5) is 17.4. The first kappa shape index (κ1) is 11.4. The van der Waals surface area contributed by atoms with E-state index in [9.17, 15) is 4.79 Å². The second-order valence-corrected chi connectivity index (χ2v) is 5.97. The van der Waals surface area contributed by atoms with Gasteiger partial charge >= 0.3 is 5.97 Å². The maximum atomic E-state index is 10.8.